The number of fused-ring (bicyclic) bond motifs is 1. The summed E-state index contributed by atoms with van der Waals surface area (Å²) in [5.74, 6) is 0.623. The van der Waals surface area contributed by atoms with E-state index in [4.69, 9.17) is 4.74 Å². The molecule has 0 radical (unpaired) electrons. The molecule has 28 heavy (non-hydrogen) atoms. The molecule has 0 saturated heterocycles. The molecule has 3 aromatic rings. The third kappa shape index (κ3) is 5.58. The average molecular weight is 376 g/mol. The van der Waals surface area contributed by atoms with Crippen molar-refractivity contribution in [2.75, 3.05) is 19.7 Å². The summed E-state index contributed by atoms with van der Waals surface area (Å²) in [7, 11) is 0. The fourth-order valence-electron chi connectivity index (χ4n) is 2.92. The first-order valence-electron chi connectivity index (χ1n) is 9.44. The fourth-order valence-corrected chi connectivity index (χ4v) is 2.92. The number of benzene rings is 3. The van der Waals surface area contributed by atoms with E-state index in [1.807, 2.05) is 72.8 Å². The van der Waals surface area contributed by atoms with Gasteiger partial charge in [0.1, 0.15) is 5.75 Å². The Morgan fingerprint density at radius 1 is 0.786 bits per heavy atom. The van der Waals surface area contributed by atoms with Crippen molar-refractivity contribution in [1.82, 2.24) is 10.6 Å². The summed E-state index contributed by atoms with van der Waals surface area (Å²) in [6.45, 7) is 1.28. The van der Waals surface area contributed by atoms with E-state index in [0.717, 1.165) is 16.5 Å². The third-order valence-corrected chi connectivity index (χ3v) is 4.33. The molecule has 0 aliphatic carbocycles. The number of carbonyl (C=O) groups excluding carboxylic acids is 2. The summed E-state index contributed by atoms with van der Waals surface area (Å²) in [5.41, 5.74) is 0.641. The summed E-state index contributed by atoms with van der Waals surface area (Å²) < 4.78 is 5.56. The Balaban J connectivity index is 1.33. The van der Waals surface area contributed by atoms with Crippen molar-refractivity contribution in [2.45, 2.75) is 12.8 Å². The fraction of sp³-hybridized carbons (Fsp3) is 0.217. The monoisotopic (exact) mass is 376 g/mol. The lowest BCUT2D eigenvalue weighted by Gasteiger charge is -2.09. The normalized spacial score (nSPS) is 10.4. The highest BCUT2D eigenvalue weighted by atomic mass is 16.5. The average Bonchev–Trinajstić information content (AvgIpc) is 2.74. The lowest BCUT2D eigenvalue weighted by Crippen LogP contribution is -2.34. The van der Waals surface area contributed by atoms with Crippen molar-refractivity contribution < 1.29 is 14.3 Å². The first-order chi connectivity index (χ1) is 13.7. The summed E-state index contributed by atoms with van der Waals surface area (Å²) in [6, 6.07) is 23.0. The van der Waals surface area contributed by atoms with Gasteiger partial charge in [0.05, 0.1) is 6.61 Å². The van der Waals surface area contributed by atoms with Crippen LogP contribution in [0.25, 0.3) is 10.8 Å². The molecule has 3 rings (SSSR count). The number of carbonyl (C=O) groups is 2. The number of para-hydroxylation sites is 1. The van der Waals surface area contributed by atoms with Crippen LogP contribution in [0.1, 0.15) is 23.2 Å². The molecular formula is C23H24N2O3. The van der Waals surface area contributed by atoms with Gasteiger partial charge in [-0.2, -0.15) is 0 Å². The molecule has 2 N–H and O–H groups in total. The second kappa shape index (κ2) is 10.1. The van der Waals surface area contributed by atoms with Crippen molar-refractivity contribution in [3.63, 3.8) is 0 Å². The second-order valence-electron chi connectivity index (χ2n) is 6.40. The lowest BCUT2D eigenvalue weighted by molar-refractivity contribution is -0.121. The zero-order valence-corrected chi connectivity index (χ0v) is 15.7. The molecule has 5 nitrogen and oxygen atoms in total. The van der Waals surface area contributed by atoms with Crippen LogP contribution in [-0.4, -0.2) is 31.5 Å². The van der Waals surface area contributed by atoms with Crippen LogP contribution in [0.2, 0.25) is 0 Å². The molecule has 0 heterocycles. The number of ether oxygens (including phenoxy) is 1. The van der Waals surface area contributed by atoms with E-state index in [2.05, 4.69) is 10.6 Å². The summed E-state index contributed by atoms with van der Waals surface area (Å²) in [4.78, 5) is 24.3. The number of amides is 2. The van der Waals surface area contributed by atoms with E-state index < -0.39 is 0 Å². The SMILES string of the molecule is O=C(CCCOc1ccccc1)NCCNC(=O)c1cccc2ccccc12. The van der Waals surface area contributed by atoms with E-state index in [-0.39, 0.29) is 11.8 Å². The molecule has 0 unspecified atom stereocenters. The summed E-state index contributed by atoms with van der Waals surface area (Å²) in [5, 5.41) is 7.62. The molecule has 0 aliphatic heterocycles. The van der Waals surface area contributed by atoms with Crippen LogP contribution >= 0.6 is 0 Å². The van der Waals surface area contributed by atoms with Gasteiger partial charge in [-0.3, -0.25) is 9.59 Å². The quantitative estimate of drug-likeness (QED) is 0.561. The van der Waals surface area contributed by atoms with E-state index in [1.165, 1.54) is 0 Å². The van der Waals surface area contributed by atoms with Crippen molar-refractivity contribution >= 4 is 22.6 Å². The minimum absolute atomic E-state index is 0.0453. The van der Waals surface area contributed by atoms with Crippen LogP contribution < -0.4 is 15.4 Å². The Bertz CT molecular complexity index is 920. The second-order valence-corrected chi connectivity index (χ2v) is 6.40. The Kier molecular flexibility index (Phi) is 7.01. The van der Waals surface area contributed by atoms with Gasteiger partial charge in [0, 0.05) is 25.1 Å². The maximum absolute atomic E-state index is 12.4. The van der Waals surface area contributed by atoms with Gasteiger partial charge in [0.15, 0.2) is 0 Å². The van der Waals surface area contributed by atoms with Gasteiger partial charge >= 0.3 is 0 Å². The Labute approximate surface area is 164 Å². The van der Waals surface area contributed by atoms with Crippen LogP contribution in [0.5, 0.6) is 5.75 Å². The maximum Gasteiger partial charge on any atom is 0.251 e. The summed E-state index contributed by atoms with van der Waals surface area (Å²) in [6.07, 6.45) is 1.03. The standard InChI is InChI=1S/C23H24N2O3/c26-22(14-7-17-28-19-10-2-1-3-11-19)24-15-16-25-23(27)21-13-6-9-18-8-4-5-12-20(18)21/h1-6,8-13H,7,14-17H2,(H,24,26)(H,25,27). The molecule has 0 aliphatic rings. The van der Waals surface area contributed by atoms with Crippen molar-refractivity contribution in [3.8, 4) is 5.75 Å². The molecule has 0 aromatic heterocycles. The van der Waals surface area contributed by atoms with Crippen molar-refractivity contribution in [1.29, 1.82) is 0 Å². The largest absolute Gasteiger partial charge is 0.494 e. The van der Waals surface area contributed by atoms with Crippen LogP contribution in [0.4, 0.5) is 0 Å². The van der Waals surface area contributed by atoms with Gasteiger partial charge in [0.2, 0.25) is 5.91 Å². The molecule has 0 bridgehead atoms. The molecule has 3 aromatic carbocycles. The van der Waals surface area contributed by atoms with Crippen LogP contribution in [0.15, 0.2) is 72.8 Å². The Hall–Kier alpha value is -3.34. The topological polar surface area (TPSA) is 67.4 Å². The molecule has 0 fully saturated rings. The molecule has 0 spiro atoms. The number of nitrogens with one attached hydrogen (secondary N) is 2. The van der Waals surface area contributed by atoms with Gasteiger partial charge < -0.3 is 15.4 Å². The highest BCUT2D eigenvalue weighted by Crippen LogP contribution is 2.18. The zero-order valence-electron chi connectivity index (χ0n) is 15.7. The van der Waals surface area contributed by atoms with Crippen LogP contribution in [0.3, 0.4) is 0 Å². The Morgan fingerprint density at radius 2 is 1.50 bits per heavy atom. The first kappa shape index (κ1) is 19.4. The van der Waals surface area contributed by atoms with E-state index in [1.54, 1.807) is 0 Å². The molecule has 2 amide bonds. The summed E-state index contributed by atoms with van der Waals surface area (Å²) >= 11 is 0. The third-order valence-electron chi connectivity index (χ3n) is 4.33. The lowest BCUT2D eigenvalue weighted by atomic mass is 10.0. The highest BCUT2D eigenvalue weighted by Gasteiger charge is 2.09. The minimum Gasteiger partial charge on any atom is -0.494 e. The molecule has 0 atom stereocenters. The molecule has 5 heteroatoms. The first-order valence-corrected chi connectivity index (χ1v) is 9.44. The van der Waals surface area contributed by atoms with Crippen molar-refractivity contribution in [2.24, 2.45) is 0 Å². The predicted octanol–water partition coefficient (Wildman–Crippen LogP) is 3.55. The van der Waals surface area contributed by atoms with Crippen LogP contribution in [0, 0.1) is 0 Å². The van der Waals surface area contributed by atoms with Crippen molar-refractivity contribution in [3.05, 3.63) is 78.4 Å². The van der Waals surface area contributed by atoms with Gasteiger partial charge in [-0.05, 0) is 35.4 Å². The number of hydrogen-bond acceptors (Lipinski definition) is 3. The maximum atomic E-state index is 12.4. The van der Waals surface area contributed by atoms with Gasteiger partial charge in [0.25, 0.3) is 5.91 Å². The molecule has 144 valence electrons. The van der Waals surface area contributed by atoms with Gasteiger partial charge in [-0.25, -0.2) is 0 Å². The number of hydrogen-bond donors (Lipinski definition) is 2. The van der Waals surface area contributed by atoms with Crippen LogP contribution in [-0.2, 0) is 4.79 Å². The minimum atomic E-state index is -0.137. The van der Waals surface area contributed by atoms with E-state index in [9.17, 15) is 9.59 Å². The predicted molar refractivity (Wildman–Crippen MR) is 110 cm³/mol. The number of rotatable bonds is 9. The molecular weight excluding hydrogens is 352 g/mol. The highest BCUT2D eigenvalue weighted by molar-refractivity contribution is 6.07. The van der Waals surface area contributed by atoms with Gasteiger partial charge in [-0.15, -0.1) is 0 Å². The van der Waals surface area contributed by atoms with E-state index >= 15 is 0 Å². The smallest absolute Gasteiger partial charge is 0.251 e. The van der Waals surface area contributed by atoms with Gasteiger partial charge in [-0.1, -0.05) is 54.6 Å². The zero-order chi connectivity index (χ0) is 19.6. The van der Waals surface area contributed by atoms with E-state index in [0.29, 0.717) is 38.1 Å². The molecule has 0 saturated carbocycles. The Morgan fingerprint density at radius 3 is 2.36 bits per heavy atom.